The van der Waals surface area contributed by atoms with Crippen molar-refractivity contribution in [3.63, 3.8) is 0 Å². The molecule has 0 aliphatic rings. The molecular formula is C13H20O3. The molecule has 1 aromatic rings. The minimum Gasteiger partial charge on any atom is -0.388 e. The molecule has 0 aromatic heterocycles. The van der Waals surface area contributed by atoms with E-state index in [4.69, 9.17) is 9.47 Å². The van der Waals surface area contributed by atoms with Crippen LogP contribution in [0.1, 0.15) is 18.9 Å². The van der Waals surface area contributed by atoms with E-state index in [1.807, 2.05) is 37.3 Å². The number of benzene rings is 1. The van der Waals surface area contributed by atoms with Crippen LogP contribution in [0.25, 0.3) is 0 Å². The van der Waals surface area contributed by atoms with Crippen LogP contribution >= 0.6 is 0 Å². The van der Waals surface area contributed by atoms with Crippen LogP contribution in [0.3, 0.4) is 0 Å². The molecule has 0 fully saturated rings. The number of rotatable bonds is 8. The lowest BCUT2D eigenvalue weighted by molar-refractivity contribution is -0.0231. The molecule has 90 valence electrons. The molecule has 1 atom stereocenters. The van der Waals surface area contributed by atoms with Crippen LogP contribution in [0.15, 0.2) is 30.3 Å². The number of aliphatic hydroxyl groups excluding tert-OH is 1. The Bertz CT molecular complexity index is 261. The molecule has 0 aliphatic carbocycles. The molecule has 0 unspecified atom stereocenters. The first-order valence-electron chi connectivity index (χ1n) is 5.70. The standard InChI is InChI=1S/C13H20O3/c1-2-8-15-10-13(14)11-16-9-12-6-4-3-5-7-12/h3-7,13-14H,2,8-11H2,1H3/t13-/m0/s1. The van der Waals surface area contributed by atoms with Gasteiger partial charge in [-0.05, 0) is 12.0 Å². The van der Waals surface area contributed by atoms with Gasteiger partial charge in [0.15, 0.2) is 0 Å². The van der Waals surface area contributed by atoms with Crippen molar-refractivity contribution in [3.8, 4) is 0 Å². The summed E-state index contributed by atoms with van der Waals surface area (Å²) in [6.45, 7) is 3.93. The number of hydrogen-bond acceptors (Lipinski definition) is 3. The van der Waals surface area contributed by atoms with Gasteiger partial charge in [0, 0.05) is 6.61 Å². The summed E-state index contributed by atoms with van der Waals surface area (Å²) in [6, 6.07) is 9.91. The first-order valence-corrected chi connectivity index (χ1v) is 5.70. The van der Waals surface area contributed by atoms with Crippen molar-refractivity contribution in [2.75, 3.05) is 19.8 Å². The van der Waals surface area contributed by atoms with Crippen molar-refractivity contribution in [1.82, 2.24) is 0 Å². The fourth-order valence-electron chi connectivity index (χ4n) is 1.30. The van der Waals surface area contributed by atoms with Crippen LogP contribution in [-0.2, 0) is 16.1 Å². The Balaban J connectivity index is 2.06. The minimum atomic E-state index is -0.532. The van der Waals surface area contributed by atoms with Gasteiger partial charge in [-0.25, -0.2) is 0 Å². The van der Waals surface area contributed by atoms with E-state index >= 15 is 0 Å². The van der Waals surface area contributed by atoms with Gasteiger partial charge in [-0.3, -0.25) is 0 Å². The van der Waals surface area contributed by atoms with Gasteiger partial charge in [0.1, 0.15) is 6.10 Å². The van der Waals surface area contributed by atoms with Crippen LogP contribution in [-0.4, -0.2) is 31.0 Å². The Hall–Kier alpha value is -0.900. The van der Waals surface area contributed by atoms with Crippen LogP contribution in [0, 0.1) is 0 Å². The Morgan fingerprint density at radius 1 is 1.12 bits per heavy atom. The normalized spacial score (nSPS) is 12.6. The lowest BCUT2D eigenvalue weighted by Gasteiger charge is -2.11. The van der Waals surface area contributed by atoms with Crippen LogP contribution in [0.5, 0.6) is 0 Å². The molecule has 0 bridgehead atoms. The maximum absolute atomic E-state index is 9.50. The Morgan fingerprint density at radius 2 is 1.81 bits per heavy atom. The van der Waals surface area contributed by atoms with Crippen LogP contribution in [0.2, 0.25) is 0 Å². The molecule has 1 aromatic carbocycles. The molecule has 0 saturated carbocycles. The van der Waals surface area contributed by atoms with Crippen molar-refractivity contribution in [1.29, 1.82) is 0 Å². The van der Waals surface area contributed by atoms with Crippen molar-refractivity contribution in [2.24, 2.45) is 0 Å². The monoisotopic (exact) mass is 224 g/mol. The third-order valence-electron chi connectivity index (χ3n) is 2.08. The largest absolute Gasteiger partial charge is 0.388 e. The fourth-order valence-corrected chi connectivity index (χ4v) is 1.30. The van der Waals surface area contributed by atoms with Crippen LogP contribution < -0.4 is 0 Å². The van der Waals surface area contributed by atoms with Gasteiger partial charge in [0.05, 0.1) is 19.8 Å². The van der Waals surface area contributed by atoms with E-state index in [1.165, 1.54) is 0 Å². The SMILES string of the molecule is CCCOC[C@H](O)COCc1ccccc1. The van der Waals surface area contributed by atoms with E-state index in [0.29, 0.717) is 26.4 Å². The highest BCUT2D eigenvalue weighted by molar-refractivity contribution is 5.13. The van der Waals surface area contributed by atoms with E-state index < -0.39 is 6.10 Å². The van der Waals surface area contributed by atoms with E-state index in [9.17, 15) is 5.11 Å². The molecule has 0 heterocycles. The number of hydrogen-bond donors (Lipinski definition) is 1. The molecule has 0 amide bonds. The van der Waals surface area contributed by atoms with E-state index in [1.54, 1.807) is 0 Å². The average Bonchev–Trinajstić information content (AvgIpc) is 2.31. The Kier molecular flexibility index (Phi) is 6.81. The van der Waals surface area contributed by atoms with Gasteiger partial charge in [0.25, 0.3) is 0 Å². The third-order valence-corrected chi connectivity index (χ3v) is 2.08. The molecule has 1 N–H and O–H groups in total. The quantitative estimate of drug-likeness (QED) is 0.686. The van der Waals surface area contributed by atoms with E-state index in [2.05, 4.69) is 0 Å². The van der Waals surface area contributed by atoms with Crippen molar-refractivity contribution in [2.45, 2.75) is 26.1 Å². The maximum Gasteiger partial charge on any atom is 0.101 e. The second-order valence-electron chi connectivity index (χ2n) is 3.73. The Labute approximate surface area is 97.0 Å². The zero-order valence-electron chi connectivity index (χ0n) is 9.76. The minimum absolute atomic E-state index is 0.318. The molecule has 16 heavy (non-hydrogen) atoms. The molecule has 0 saturated heterocycles. The predicted octanol–water partition coefficient (Wildman–Crippen LogP) is 1.99. The smallest absolute Gasteiger partial charge is 0.101 e. The van der Waals surface area contributed by atoms with E-state index in [-0.39, 0.29) is 0 Å². The van der Waals surface area contributed by atoms with Gasteiger partial charge in [-0.15, -0.1) is 0 Å². The van der Waals surface area contributed by atoms with Gasteiger partial charge >= 0.3 is 0 Å². The highest BCUT2D eigenvalue weighted by Crippen LogP contribution is 2.01. The van der Waals surface area contributed by atoms with Crippen LogP contribution in [0.4, 0.5) is 0 Å². The lowest BCUT2D eigenvalue weighted by atomic mass is 10.2. The second kappa shape index (κ2) is 8.28. The van der Waals surface area contributed by atoms with Crippen molar-refractivity contribution in [3.05, 3.63) is 35.9 Å². The zero-order chi connectivity index (χ0) is 11.6. The third kappa shape index (κ3) is 5.85. The molecule has 0 spiro atoms. The molecule has 0 radical (unpaired) electrons. The first kappa shape index (κ1) is 13.2. The summed E-state index contributed by atoms with van der Waals surface area (Å²) in [4.78, 5) is 0. The summed E-state index contributed by atoms with van der Waals surface area (Å²) in [6.07, 6.45) is 0.438. The first-order chi connectivity index (χ1) is 7.83. The molecule has 1 rings (SSSR count). The number of aliphatic hydroxyl groups is 1. The van der Waals surface area contributed by atoms with Gasteiger partial charge in [-0.1, -0.05) is 37.3 Å². The summed E-state index contributed by atoms with van der Waals surface area (Å²) in [5, 5.41) is 9.50. The average molecular weight is 224 g/mol. The summed E-state index contributed by atoms with van der Waals surface area (Å²) >= 11 is 0. The maximum atomic E-state index is 9.50. The summed E-state index contributed by atoms with van der Waals surface area (Å²) in [5.41, 5.74) is 1.11. The summed E-state index contributed by atoms with van der Waals surface area (Å²) in [5.74, 6) is 0. The van der Waals surface area contributed by atoms with Gasteiger partial charge in [0.2, 0.25) is 0 Å². The molecule has 3 nitrogen and oxygen atoms in total. The van der Waals surface area contributed by atoms with Crippen molar-refractivity contribution < 1.29 is 14.6 Å². The highest BCUT2D eigenvalue weighted by Gasteiger charge is 2.03. The lowest BCUT2D eigenvalue weighted by Crippen LogP contribution is -2.21. The molecule has 0 aliphatic heterocycles. The van der Waals surface area contributed by atoms with Gasteiger partial charge in [-0.2, -0.15) is 0 Å². The summed E-state index contributed by atoms with van der Waals surface area (Å²) < 4.78 is 10.6. The number of ether oxygens (including phenoxy) is 2. The molecule has 3 heteroatoms. The predicted molar refractivity (Wildman–Crippen MR) is 63.2 cm³/mol. The van der Waals surface area contributed by atoms with E-state index in [0.717, 1.165) is 12.0 Å². The fraction of sp³-hybridized carbons (Fsp3) is 0.538. The molecular weight excluding hydrogens is 204 g/mol. The van der Waals surface area contributed by atoms with Crippen molar-refractivity contribution >= 4 is 0 Å². The topological polar surface area (TPSA) is 38.7 Å². The summed E-state index contributed by atoms with van der Waals surface area (Å²) in [7, 11) is 0. The second-order valence-corrected chi connectivity index (χ2v) is 3.73. The van der Waals surface area contributed by atoms with Gasteiger partial charge < -0.3 is 14.6 Å². The zero-order valence-corrected chi connectivity index (χ0v) is 9.76. The Morgan fingerprint density at radius 3 is 2.50 bits per heavy atom. The highest BCUT2D eigenvalue weighted by atomic mass is 16.5.